The van der Waals surface area contributed by atoms with Gasteiger partial charge in [-0.1, -0.05) is 30.3 Å². The van der Waals surface area contributed by atoms with E-state index in [1.807, 2.05) is 30.3 Å². The average Bonchev–Trinajstić information content (AvgIpc) is 2.27. The molecular formula is C12H17NO3. The molecule has 4 heteroatoms. The largest absolute Gasteiger partial charge is 0.461 e. The number of ether oxygens (including phenoxy) is 1. The van der Waals surface area contributed by atoms with Gasteiger partial charge in [-0.05, 0) is 12.5 Å². The highest BCUT2D eigenvalue weighted by molar-refractivity contribution is 5.70. The highest BCUT2D eigenvalue weighted by Gasteiger charge is 2.15. The Morgan fingerprint density at radius 1 is 1.44 bits per heavy atom. The summed E-state index contributed by atoms with van der Waals surface area (Å²) in [6.07, 6.45) is -0.672. The Hall–Kier alpha value is -1.39. The van der Waals surface area contributed by atoms with E-state index >= 15 is 0 Å². The quantitative estimate of drug-likeness (QED) is 0.725. The zero-order chi connectivity index (χ0) is 12.0. The van der Waals surface area contributed by atoms with E-state index in [1.165, 1.54) is 0 Å². The average molecular weight is 223 g/mol. The van der Waals surface area contributed by atoms with Crippen LogP contribution in [0.3, 0.4) is 0 Å². The highest BCUT2D eigenvalue weighted by atomic mass is 16.5. The molecule has 0 spiro atoms. The summed E-state index contributed by atoms with van der Waals surface area (Å²) >= 11 is 0. The van der Waals surface area contributed by atoms with E-state index in [4.69, 9.17) is 15.6 Å². The monoisotopic (exact) mass is 223 g/mol. The number of aliphatic hydroxyl groups is 1. The van der Waals surface area contributed by atoms with Crippen molar-refractivity contribution in [3.63, 3.8) is 0 Å². The summed E-state index contributed by atoms with van der Waals surface area (Å²) in [6, 6.07) is 8.84. The van der Waals surface area contributed by atoms with Gasteiger partial charge in [0.05, 0.1) is 12.5 Å². The molecule has 0 bridgehead atoms. The summed E-state index contributed by atoms with van der Waals surface area (Å²) in [7, 11) is 0. The van der Waals surface area contributed by atoms with Crippen molar-refractivity contribution in [2.24, 2.45) is 5.73 Å². The third-order valence-electron chi connectivity index (χ3n) is 2.26. The number of carbonyl (C=O) groups is 1. The number of aliphatic hydroxyl groups excluding tert-OH is 1. The number of nitrogens with two attached hydrogens (primary N) is 1. The summed E-state index contributed by atoms with van der Waals surface area (Å²) in [6.45, 7) is 1.79. The second-order valence-electron chi connectivity index (χ2n) is 3.75. The normalized spacial score (nSPS) is 14.2. The lowest BCUT2D eigenvalue weighted by Crippen LogP contribution is -2.35. The van der Waals surface area contributed by atoms with Crippen LogP contribution in [0.1, 0.15) is 18.9 Å². The standard InChI is InChI=1S/C12H17NO3/c1-9(14)11(13)7-12(15)16-8-10-5-3-2-4-6-10/h2-6,9,11,14H,7-8,13H2,1H3. The molecule has 1 aromatic carbocycles. The SMILES string of the molecule is CC(O)C(N)CC(=O)OCc1ccccc1. The van der Waals surface area contributed by atoms with Gasteiger partial charge >= 0.3 is 5.97 Å². The van der Waals surface area contributed by atoms with Crippen LogP contribution in [0.5, 0.6) is 0 Å². The summed E-state index contributed by atoms with van der Waals surface area (Å²) in [4.78, 5) is 11.3. The van der Waals surface area contributed by atoms with E-state index in [1.54, 1.807) is 6.92 Å². The van der Waals surface area contributed by atoms with Gasteiger partial charge in [-0.25, -0.2) is 0 Å². The van der Waals surface area contributed by atoms with Crippen LogP contribution in [0.15, 0.2) is 30.3 Å². The molecule has 0 heterocycles. The van der Waals surface area contributed by atoms with Gasteiger partial charge in [0.2, 0.25) is 0 Å². The van der Waals surface area contributed by atoms with Crippen molar-refractivity contribution in [2.75, 3.05) is 0 Å². The molecule has 0 aromatic heterocycles. The van der Waals surface area contributed by atoms with Gasteiger partial charge in [-0.3, -0.25) is 4.79 Å². The molecule has 0 radical (unpaired) electrons. The lowest BCUT2D eigenvalue weighted by atomic mass is 10.1. The predicted octanol–water partition coefficient (Wildman–Crippen LogP) is 0.828. The van der Waals surface area contributed by atoms with Crippen LogP contribution < -0.4 is 5.73 Å². The van der Waals surface area contributed by atoms with E-state index in [0.717, 1.165) is 5.56 Å². The summed E-state index contributed by atoms with van der Waals surface area (Å²) in [5, 5.41) is 9.12. The van der Waals surface area contributed by atoms with Crippen LogP contribution in [0.2, 0.25) is 0 Å². The summed E-state index contributed by atoms with van der Waals surface area (Å²) < 4.78 is 5.02. The lowest BCUT2D eigenvalue weighted by molar-refractivity contribution is -0.145. The van der Waals surface area contributed by atoms with Crippen LogP contribution in [0, 0.1) is 0 Å². The molecular weight excluding hydrogens is 206 g/mol. The first-order valence-electron chi connectivity index (χ1n) is 5.23. The molecule has 0 saturated carbocycles. The Morgan fingerprint density at radius 2 is 2.06 bits per heavy atom. The van der Waals surface area contributed by atoms with Gasteiger partial charge in [0.15, 0.2) is 0 Å². The molecule has 2 unspecified atom stereocenters. The van der Waals surface area contributed by atoms with Crippen LogP contribution in [0.25, 0.3) is 0 Å². The number of carbonyl (C=O) groups excluding carboxylic acids is 1. The Balaban J connectivity index is 2.31. The van der Waals surface area contributed by atoms with E-state index in [2.05, 4.69) is 0 Å². The molecule has 0 amide bonds. The molecule has 0 fully saturated rings. The molecule has 16 heavy (non-hydrogen) atoms. The number of hydrogen-bond donors (Lipinski definition) is 2. The van der Waals surface area contributed by atoms with Crippen molar-refractivity contribution >= 4 is 5.97 Å². The van der Waals surface area contributed by atoms with Crippen molar-refractivity contribution in [1.82, 2.24) is 0 Å². The summed E-state index contributed by atoms with van der Waals surface area (Å²) in [5.74, 6) is -0.391. The van der Waals surface area contributed by atoms with E-state index in [0.29, 0.717) is 0 Å². The highest BCUT2D eigenvalue weighted by Crippen LogP contribution is 2.03. The molecule has 3 N–H and O–H groups in total. The number of esters is 1. The number of benzene rings is 1. The Bertz CT molecular complexity index is 324. The Kier molecular flexibility index (Phi) is 4.95. The molecule has 1 aromatic rings. The third-order valence-corrected chi connectivity index (χ3v) is 2.26. The smallest absolute Gasteiger partial charge is 0.307 e. The second kappa shape index (κ2) is 6.25. The van der Waals surface area contributed by atoms with E-state index < -0.39 is 18.1 Å². The fourth-order valence-electron chi connectivity index (χ4n) is 1.16. The van der Waals surface area contributed by atoms with Crippen LogP contribution in [-0.4, -0.2) is 23.2 Å². The van der Waals surface area contributed by atoms with Gasteiger partial charge in [-0.2, -0.15) is 0 Å². The molecule has 88 valence electrons. The maximum absolute atomic E-state index is 11.3. The molecule has 2 atom stereocenters. The molecule has 0 aliphatic rings. The third kappa shape index (κ3) is 4.42. The van der Waals surface area contributed by atoms with Gasteiger partial charge < -0.3 is 15.6 Å². The van der Waals surface area contributed by atoms with Gasteiger partial charge in [-0.15, -0.1) is 0 Å². The first-order valence-corrected chi connectivity index (χ1v) is 5.23. The first kappa shape index (κ1) is 12.7. The Morgan fingerprint density at radius 3 is 2.62 bits per heavy atom. The van der Waals surface area contributed by atoms with Gasteiger partial charge in [0.25, 0.3) is 0 Å². The Labute approximate surface area is 95.0 Å². The maximum Gasteiger partial charge on any atom is 0.307 e. The van der Waals surface area contributed by atoms with Crippen molar-refractivity contribution < 1.29 is 14.6 Å². The molecule has 0 aliphatic carbocycles. The summed E-state index contributed by atoms with van der Waals surface area (Å²) in [5.41, 5.74) is 6.47. The minimum atomic E-state index is -0.704. The number of rotatable bonds is 5. The zero-order valence-electron chi connectivity index (χ0n) is 9.30. The van der Waals surface area contributed by atoms with Crippen molar-refractivity contribution in [2.45, 2.75) is 32.1 Å². The minimum Gasteiger partial charge on any atom is -0.461 e. The lowest BCUT2D eigenvalue weighted by Gasteiger charge is -2.13. The van der Waals surface area contributed by atoms with Crippen molar-refractivity contribution in [3.05, 3.63) is 35.9 Å². The number of hydrogen-bond acceptors (Lipinski definition) is 4. The first-order chi connectivity index (χ1) is 7.59. The predicted molar refractivity (Wildman–Crippen MR) is 60.5 cm³/mol. The van der Waals surface area contributed by atoms with Crippen molar-refractivity contribution in [3.8, 4) is 0 Å². The van der Waals surface area contributed by atoms with E-state index in [-0.39, 0.29) is 13.0 Å². The molecule has 1 rings (SSSR count). The van der Waals surface area contributed by atoms with Crippen LogP contribution in [0.4, 0.5) is 0 Å². The maximum atomic E-state index is 11.3. The second-order valence-corrected chi connectivity index (χ2v) is 3.75. The topological polar surface area (TPSA) is 72.5 Å². The zero-order valence-corrected chi connectivity index (χ0v) is 9.30. The van der Waals surface area contributed by atoms with Gasteiger partial charge in [0.1, 0.15) is 6.61 Å². The minimum absolute atomic E-state index is 0.0322. The molecule has 4 nitrogen and oxygen atoms in total. The van der Waals surface area contributed by atoms with E-state index in [9.17, 15) is 4.79 Å². The van der Waals surface area contributed by atoms with Crippen LogP contribution in [-0.2, 0) is 16.1 Å². The van der Waals surface area contributed by atoms with Crippen molar-refractivity contribution in [1.29, 1.82) is 0 Å². The van der Waals surface area contributed by atoms with Crippen LogP contribution >= 0.6 is 0 Å². The fourth-order valence-corrected chi connectivity index (χ4v) is 1.16. The fraction of sp³-hybridized carbons (Fsp3) is 0.417. The molecule has 0 aliphatic heterocycles. The molecule has 0 saturated heterocycles. The van der Waals surface area contributed by atoms with Gasteiger partial charge in [0, 0.05) is 6.04 Å².